The van der Waals surface area contributed by atoms with Crippen LogP contribution in [0.1, 0.15) is 18.5 Å². The molecule has 0 unspecified atom stereocenters. The zero-order chi connectivity index (χ0) is 17.9. The monoisotopic (exact) mass is 356 g/mol. The molecule has 2 rings (SSSR count). The Morgan fingerprint density at radius 1 is 1.08 bits per heavy atom. The Balaban J connectivity index is 2.25. The second-order valence-corrected chi connectivity index (χ2v) is 7.08. The van der Waals surface area contributed by atoms with Crippen LogP contribution in [-0.2, 0) is 10.0 Å². The molecule has 5 nitrogen and oxygen atoms in total. The minimum atomic E-state index is -3.47. The second-order valence-electron chi connectivity index (χ2n) is 5.33. The molecule has 0 aliphatic carbocycles. The number of benzene rings is 2. The fourth-order valence-electron chi connectivity index (χ4n) is 2.19. The van der Waals surface area contributed by atoms with Crippen molar-refractivity contribution >= 4 is 21.4 Å². The van der Waals surface area contributed by atoms with Crippen molar-refractivity contribution in [2.45, 2.75) is 13.0 Å². The van der Waals surface area contributed by atoms with Crippen LogP contribution in [0.4, 0.5) is 20.2 Å². The molecule has 1 atom stereocenters. The fourth-order valence-corrected chi connectivity index (χ4v) is 2.75. The van der Waals surface area contributed by atoms with Crippen LogP contribution in [0.25, 0.3) is 0 Å². The summed E-state index contributed by atoms with van der Waals surface area (Å²) in [5, 5.41) is 3.10. The third-order valence-corrected chi connectivity index (χ3v) is 3.91. The van der Waals surface area contributed by atoms with Gasteiger partial charge in [0.15, 0.2) is 11.6 Å². The Hall–Kier alpha value is -2.35. The summed E-state index contributed by atoms with van der Waals surface area (Å²) in [6.07, 6.45) is 1.04. The van der Waals surface area contributed by atoms with E-state index in [0.717, 1.165) is 18.4 Å². The predicted octanol–water partition coefficient (Wildman–Crippen LogP) is 3.52. The molecule has 2 N–H and O–H groups in total. The van der Waals surface area contributed by atoms with Crippen LogP contribution in [0, 0.1) is 11.6 Å². The van der Waals surface area contributed by atoms with Crippen LogP contribution in [0.2, 0.25) is 0 Å². The van der Waals surface area contributed by atoms with E-state index in [9.17, 15) is 17.2 Å². The average Bonchev–Trinajstić information content (AvgIpc) is 2.48. The van der Waals surface area contributed by atoms with Crippen molar-refractivity contribution in [2.75, 3.05) is 23.4 Å². The zero-order valence-corrected chi connectivity index (χ0v) is 14.2. The molecule has 2 aromatic rings. The lowest BCUT2D eigenvalue weighted by Gasteiger charge is -2.18. The lowest BCUT2D eigenvalue weighted by molar-refractivity contribution is 0.417. The Labute approximate surface area is 139 Å². The summed E-state index contributed by atoms with van der Waals surface area (Å²) in [5.41, 5.74) is 1.43. The Morgan fingerprint density at radius 3 is 2.38 bits per heavy atom. The van der Waals surface area contributed by atoms with Gasteiger partial charge in [0, 0.05) is 11.7 Å². The molecule has 0 fully saturated rings. The number of nitrogens with one attached hydrogen (secondary N) is 2. The summed E-state index contributed by atoms with van der Waals surface area (Å²) in [7, 11) is -2.04. The van der Waals surface area contributed by atoms with Gasteiger partial charge in [-0.2, -0.15) is 0 Å². The van der Waals surface area contributed by atoms with Crippen molar-refractivity contribution < 1.29 is 21.9 Å². The highest BCUT2D eigenvalue weighted by atomic mass is 32.2. The number of hydrogen-bond acceptors (Lipinski definition) is 4. The van der Waals surface area contributed by atoms with E-state index in [2.05, 4.69) is 10.0 Å². The summed E-state index contributed by atoms with van der Waals surface area (Å²) < 4.78 is 56.7. The van der Waals surface area contributed by atoms with Gasteiger partial charge in [0.2, 0.25) is 10.0 Å². The first-order chi connectivity index (χ1) is 11.2. The van der Waals surface area contributed by atoms with Crippen molar-refractivity contribution in [1.82, 2.24) is 0 Å². The van der Waals surface area contributed by atoms with Crippen LogP contribution >= 0.6 is 0 Å². The molecule has 0 aromatic heterocycles. The number of sulfonamides is 1. The van der Waals surface area contributed by atoms with Gasteiger partial charge in [-0.05, 0) is 42.8 Å². The van der Waals surface area contributed by atoms with Gasteiger partial charge in [-0.25, -0.2) is 17.2 Å². The normalized spacial score (nSPS) is 12.5. The zero-order valence-electron chi connectivity index (χ0n) is 13.4. The van der Waals surface area contributed by atoms with Crippen LogP contribution in [0.5, 0.6) is 5.75 Å². The molecule has 130 valence electrons. The molecule has 24 heavy (non-hydrogen) atoms. The average molecular weight is 356 g/mol. The molecule has 0 aliphatic rings. The smallest absolute Gasteiger partial charge is 0.229 e. The quantitative estimate of drug-likeness (QED) is 0.831. The highest BCUT2D eigenvalue weighted by Crippen LogP contribution is 2.30. The van der Waals surface area contributed by atoms with Gasteiger partial charge in [0.25, 0.3) is 0 Å². The predicted molar refractivity (Wildman–Crippen MR) is 89.9 cm³/mol. The maximum absolute atomic E-state index is 13.3. The SMILES string of the molecule is COc1ccc(N[C@H](C)c2ccc(F)c(F)c2)cc1NS(C)(=O)=O. The number of halogens is 2. The van der Waals surface area contributed by atoms with Gasteiger partial charge >= 0.3 is 0 Å². The van der Waals surface area contributed by atoms with Crippen LogP contribution < -0.4 is 14.8 Å². The van der Waals surface area contributed by atoms with Gasteiger partial charge < -0.3 is 10.1 Å². The molecule has 0 spiro atoms. The Bertz CT molecular complexity index is 841. The molecule has 2 aromatic carbocycles. The molecule has 0 aliphatic heterocycles. The van der Waals surface area contributed by atoms with Gasteiger partial charge in [0.1, 0.15) is 5.75 Å². The first-order valence-electron chi connectivity index (χ1n) is 7.07. The fraction of sp³-hybridized carbons (Fsp3) is 0.250. The molecule has 0 saturated heterocycles. The molecule has 0 heterocycles. The first-order valence-corrected chi connectivity index (χ1v) is 8.96. The van der Waals surface area contributed by atoms with E-state index in [1.807, 2.05) is 0 Å². The van der Waals surface area contributed by atoms with Crippen LogP contribution in [-0.4, -0.2) is 21.8 Å². The molecular weight excluding hydrogens is 338 g/mol. The molecule has 0 bridgehead atoms. The highest BCUT2D eigenvalue weighted by Gasteiger charge is 2.12. The highest BCUT2D eigenvalue weighted by molar-refractivity contribution is 7.92. The first kappa shape index (κ1) is 18.0. The van der Waals surface area contributed by atoms with Crippen molar-refractivity contribution in [2.24, 2.45) is 0 Å². The van der Waals surface area contributed by atoms with Gasteiger partial charge in [-0.1, -0.05) is 6.07 Å². The van der Waals surface area contributed by atoms with E-state index in [-0.39, 0.29) is 11.7 Å². The number of hydrogen-bond donors (Lipinski definition) is 2. The van der Waals surface area contributed by atoms with Crippen LogP contribution in [0.3, 0.4) is 0 Å². The second kappa shape index (κ2) is 7.04. The summed E-state index contributed by atoms with van der Waals surface area (Å²) >= 11 is 0. The topological polar surface area (TPSA) is 67.4 Å². The molecule has 8 heteroatoms. The van der Waals surface area contributed by atoms with E-state index >= 15 is 0 Å². The molecule has 0 amide bonds. The minimum absolute atomic E-state index is 0.280. The Morgan fingerprint density at radius 2 is 1.79 bits per heavy atom. The minimum Gasteiger partial charge on any atom is -0.495 e. The number of anilines is 2. The number of rotatable bonds is 6. The number of ether oxygens (including phenoxy) is 1. The summed E-state index contributed by atoms with van der Waals surface area (Å²) in [5.74, 6) is -1.46. The summed E-state index contributed by atoms with van der Waals surface area (Å²) in [6.45, 7) is 1.78. The van der Waals surface area contributed by atoms with E-state index in [4.69, 9.17) is 4.74 Å². The van der Waals surface area contributed by atoms with Crippen molar-refractivity contribution in [3.8, 4) is 5.75 Å². The van der Waals surface area contributed by atoms with Gasteiger partial charge in [-0.15, -0.1) is 0 Å². The molecular formula is C16H18F2N2O3S. The lowest BCUT2D eigenvalue weighted by Crippen LogP contribution is -2.12. The maximum atomic E-state index is 13.3. The summed E-state index contributed by atoms with van der Waals surface area (Å²) in [6, 6.07) is 8.21. The maximum Gasteiger partial charge on any atom is 0.229 e. The largest absolute Gasteiger partial charge is 0.495 e. The van der Waals surface area contributed by atoms with Gasteiger partial charge in [0.05, 0.1) is 19.1 Å². The Kier molecular flexibility index (Phi) is 5.28. The lowest BCUT2D eigenvalue weighted by atomic mass is 10.1. The third kappa shape index (κ3) is 4.58. The van der Waals surface area contributed by atoms with Gasteiger partial charge in [-0.3, -0.25) is 4.72 Å². The van der Waals surface area contributed by atoms with Crippen molar-refractivity contribution in [3.05, 3.63) is 53.6 Å². The van der Waals surface area contributed by atoms with Crippen molar-refractivity contribution in [3.63, 3.8) is 0 Å². The van der Waals surface area contributed by atoms with E-state index in [0.29, 0.717) is 17.0 Å². The van der Waals surface area contributed by atoms with E-state index in [1.165, 1.54) is 13.2 Å². The van der Waals surface area contributed by atoms with Crippen molar-refractivity contribution in [1.29, 1.82) is 0 Å². The van der Waals surface area contributed by atoms with E-state index in [1.54, 1.807) is 25.1 Å². The summed E-state index contributed by atoms with van der Waals surface area (Å²) in [4.78, 5) is 0. The molecule has 0 saturated carbocycles. The number of methoxy groups -OCH3 is 1. The van der Waals surface area contributed by atoms with Crippen LogP contribution in [0.15, 0.2) is 36.4 Å². The molecule has 0 radical (unpaired) electrons. The van der Waals surface area contributed by atoms with E-state index < -0.39 is 21.7 Å². The standard InChI is InChI=1S/C16H18F2N2O3S/c1-10(11-4-6-13(17)14(18)8-11)19-12-5-7-16(23-2)15(9-12)20-24(3,21)22/h4-10,19-20H,1-3H3/t10-/m1/s1. The third-order valence-electron chi connectivity index (χ3n) is 3.32.